The average molecular weight is 308 g/mol. The molecule has 22 heavy (non-hydrogen) atoms. The number of likely N-dealkylation sites (tertiary alicyclic amines) is 1. The maximum atomic E-state index is 12.4. The molecule has 0 aromatic heterocycles. The van der Waals surface area contributed by atoms with Crippen LogP contribution in [0.1, 0.15) is 52.9 Å². The van der Waals surface area contributed by atoms with Crippen LogP contribution >= 0.6 is 0 Å². The van der Waals surface area contributed by atoms with Gasteiger partial charge in [0.05, 0.1) is 13.0 Å². The zero-order valence-corrected chi connectivity index (χ0v) is 13.5. The van der Waals surface area contributed by atoms with E-state index in [-0.39, 0.29) is 48.9 Å². The topological polar surface area (TPSA) is 66.9 Å². The van der Waals surface area contributed by atoms with Gasteiger partial charge in [0.2, 0.25) is 5.91 Å². The Morgan fingerprint density at radius 2 is 1.68 bits per heavy atom. The largest absolute Gasteiger partial charge is 0.444 e. The van der Waals surface area contributed by atoms with E-state index in [0.29, 0.717) is 0 Å². The second kappa shape index (κ2) is 5.25. The molecule has 3 atom stereocenters. The third-order valence-electron chi connectivity index (χ3n) is 4.77. The highest BCUT2D eigenvalue weighted by atomic mass is 16.6. The maximum absolute atomic E-state index is 12.4. The molecule has 3 fully saturated rings. The Labute approximate surface area is 130 Å². The summed E-state index contributed by atoms with van der Waals surface area (Å²) in [6, 6.07) is 0.347. The monoisotopic (exact) mass is 308 g/mol. The van der Waals surface area contributed by atoms with Crippen molar-refractivity contribution in [1.29, 1.82) is 0 Å². The molecule has 0 aromatic carbocycles. The number of rotatable bonds is 1. The van der Waals surface area contributed by atoms with Gasteiger partial charge < -0.3 is 14.5 Å². The smallest absolute Gasteiger partial charge is 0.410 e. The molecule has 0 radical (unpaired) electrons. The van der Waals surface area contributed by atoms with Crippen molar-refractivity contribution in [2.75, 3.05) is 6.54 Å². The SMILES string of the molecule is CC(C)(C)OC(=O)N1[C@@H]2CC[C@H]1CC(N1CC(=O)CC1=O)C2. The fraction of sp³-hybridized carbons (Fsp3) is 0.812. The summed E-state index contributed by atoms with van der Waals surface area (Å²) >= 11 is 0. The fourth-order valence-corrected chi connectivity index (χ4v) is 3.95. The van der Waals surface area contributed by atoms with E-state index in [1.807, 2.05) is 25.7 Å². The molecular weight excluding hydrogens is 284 g/mol. The minimum Gasteiger partial charge on any atom is -0.444 e. The van der Waals surface area contributed by atoms with Gasteiger partial charge in [-0.1, -0.05) is 0 Å². The van der Waals surface area contributed by atoms with Crippen molar-refractivity contribution in [3.63, 3.8) is 0 Å². The highest BCUT2D eigenvalue weighted by molar-refractivity contribution is 6.05. The van der Waals surface area contributed by atoms with Gasteiger partial charge in [-0.25, -0.2) is 4.79 Å². The molecule has 0 aliphatic carbocycles. The molecular formula is C16H24N2O4. The van der Waals surface area contributed by atoms with Crippen molar-refractivity contribution < 1.29 is 19.1 Å². The number of ketones is 1. The highest BCUT2D eigenvalue weighted by Crippen LogP contribution is 2.39. The highest BCUT2D eigenvalue weighted by Gasteiger charge is 2.48. The summed E-state index contributed by atoms with van der Waals surface area (Å²) in [5.41, 5.74) is -0.495. The van der Waals surface area contributed by atoms with Gasteiger partial charge in [0.25, 0.3) is 0 Å². The first-order chi connectivity index (χ1) is 10.2. The standard InChI is InChI=1S/C16H24N2O4/c1-16(2,3)22-15(21)18-10-4-5-11(18)7-12(6-10)17-9-13(19)8-14(17)20/h10-12H,4-9H2,1-3H3/t10-,11+,12?. The third kappa shape index (κ3) is 2.83. The predicted octanol–water partition coefficient (Wildman–Crippen LogP) is 1.72. The fourth-order valence-electron chi connectivity index (χ4n) is 3.95. The third-order valence-corrected chi connectivity index (χ3v) is 4.77. The molecule has 3 saturated heterocycles. The van der Waals surface area contributed by atoms with E-state index in [9.17, 15) is 14.4 Å². The lowest BCUT2D eigenvalue weighted by atomic mass is 9.96. The van der Waals surface area contributed by atoms with E-state index in [0.717, 1.165) is 25.7 Å². The van der Waals surface area contributed by atoms with Crippen LogP contribution < -0.4 is 0 Å². The molecule has 2 bridgehead atoms. The number of piperidine rings is 1. The molecule has 3 rings (SSSR count). The molecule has 0 spiro atoms. The first-order valence-electron chi connectivity index (χ1n) is 8.07. The van der Waals surface area contributed by atoms with Gasteiger partial charge in [-0.2, -0.15) is 0 Å². The van der Waals surface area contributed by atoms with Gasteiger partial charge in [-0.15, -0.1) is 0 Å². The second-order valence-corrected chi connectivity index (χ2v) is 7.63. The molecule has 6 nitrogen and oxygen atoms in total. The van der Waals surface area contributed by atoms with E-state index in [1.54, 1.807) is 4.90 Å². The van der Waals surface area contributed by atoms with Gasteiger partial charge in [-0.3, -0.25) is 9.59 Å². The number of fused-ring (bicyclic) bond motifs is 2. The minimum absolute atomic E-state index is 0.00641. The van der Waals surface area contributed by atoms with Crippen molar-refractivity contribution in [2.45, 2.75) is 76.6 Å². The number of Topliss-reactive ketones (excluding diaryl/α,β-unsaturated/α-hetero) is 1. The number of carbonyl (C=O) groups is 3. The van der Waals surface area contributed by atoms with Gasteiger partial charge in [0.15, 0.2) is 5.78 Å². The van der Waals surface area contributed by atoms with E-state index < -0.39 is 5.60 Å². The zero-order chi connectivity index (χ0) is 16.1. The van der Waals surface area contributed by atoms with Gasteiger partial charge >= 0.3 is 6.09 Å². The average Bonchev–Trinajstić information content (AvgIpc) is 2.84. The van der Waals surface area contributed by atoms with E-state index in [4.69, 9.17) is 4.74 Å². The molecule has 122 valence electrons. The van der Waals surface area contributed by atoms with E-state index >= 15 is 0 Å². The summed E-state index contributed by atoms with van der Waals surface area (Å²) in [6.07, 6.45) is 3.22. The number of ether oxygens (including phenoxy) is 1. The number of amides is 2. The Kier molecular flexibility index (Phi) is 3.65. The van der Waals surface area contributed by atoms with Crippen molar-refractivity contribution in [3.05, 3.63) is 0 Å². The molecule has 3 aliphatic heterocycles. The lowest BCUT2D eigenvalue weighted by Gasteiger charge is -2.42. The Morgan fingerprint density at radius 1 is 1.09 bits per heavy atom. The summed E-state index contributed by atoms with van der Waals surface area (Å²) in [6.45, 7) is 5.85. The Hall–Kier alpha value is -1.59. The van der Waals surface area contributed by atoms with E-state index in [2.05, 4.69) is 0 Å². The molecule has 2 amide bonds. The lowest BCUT2D eigenvalue weighted by molar-refractivity contribution is -0.130. The van der Waals surface area contributed by atoms with Crippen LogP contribution in [0.2, 0.25) is 0 Å². The summed E-state index contributed by atoms with van der Waals surface area (Å²) in [7, 11) is 0. The van der Waals surface area contributed by atoms with Crippen LogP contribution in [0.3, 0.4) is 0 Å². The van der Waals surface area contributed by atoms with Crippen molar-refractivity contribution in [3.8, 4) is 0 Å². The first kappa shape index (κ1) is 15.3. The van der Waals surface area contributed by atoms with E-state index in [1.165, 1.54) is 0 Å². The van der Waals surface area contributed by atoms with Crippen LogP contribution in [0.15, 0.2) is 0 Å². The predicted molar refractivity (Wildman–Crippen MR) is 79.2 cm³/mol. The van der Waals surface area contributed by atoms with Crippen molar-refractivity contribution in [1.82, 2.24) is 9.80 Å². The van der Waals surface area contributed by atoms with Gasteiger partial charge in [-0.05, 0) is 46.5 Å². The Bertz CT molecular complexity index is 497. The molecule has 3 aliphatic rings. The van der Waals surface area contributed by atoms with Crippen molar-refractivity contribution >= 4 is 17.8 Å². The van der Waals surface area contributed by atoms with Crippen LogP contribution in [0.25, 0.3) is 0 Å². The lowest BCUT2D eigenvalue weighted by Crippen LogP contribution is -2.53. The van der Waals surface area contributed by atoms with Crippen molar-refractivity contribution in [2.24, 2.45) is 0 Å². The second-order valence-electron chi connectivity index (χ2n) is 7.63. The van der Waals surface area contributed by atoms with Crippen LogP contribution in [0.5, 0.6) is 0 Å². The summed E-state index contributed by atoms with van der Waals surface area (Å²) in [5.74, 6) is -0.0490. The molecule has 0 N–H and O–H groups in total. The summed E-state index contributed by atoms with van der Waals surface area (Å²) in [4.78, 5) is 39.4. The van der Waals surface area contributed by atoms with Gasteiger partial charge in [0, 0.05) is 18.1 Å². The molecule has 6 heteroatoms. The van der Waals surface area contributed by atoms with Crippen LogP contribution in [-0.2, 0) is 14.3 Å². The zero-order valence-electron chi connectivity index (χ0n) is 13.5. The molecule has 3 heterocycles. The molecule has 0 saturated carbocycles. The van der Waals surface area contributed by atoms with Crippen LogP contribution in [0, 0.1) is 0 Å². The quantitative estimate of drug-likeness (QED) is 0.692. The number of nitrogens with zero attached hydrogens (tertiary/aromatic N) is 2. The Balaban J connectivity index is 1.68. The number of carbonyl (C=O) groups excluding carboxylic acids is 3. The summed E-state index contributed by atoms with van der Waals surface area (Å²) < 4.78 is 5.51. The first-order valence-corrected chi connectivity index (χ1v) is 8.07. The summed E-state index contributed by atoms with van der Waals surface area (Å²) in [5, 5.41) is 0. The minimum atomic E-state index is -0.495. The normalized spacial score (nSPS) is 31.9. The van der Waals surface area contributed by atoms with Crippen LogP contribution in [0.4, 0.5) is 4.79 Å². The van der Waals surface area contributed by atoms with Crippen LogP contribution in [-0.4, -0.2) is 57.9 Å². The van der Waals surface area contributed by atoms with Gasteiger partial charge in [0.1, 0.15) is 5.60 Å². The number of hydrogen-bond donors (Lipinski definition) is 0. The molecule has 1 unspecified atom stereocenters. The maximum Gasteiger partial charge on any atom is 0.410 e. The number of hydrogen-bond acceptors (Lipinski definition) is 4. The molecule has 0 aromatic rings. The Morgan fingerprint density at radius 3 is 2.14 bits per heavy atom.